The summed E-state index contributed by atoms with van der Waals surface area (Å²) in [6.45, 7) is 2.06. The highest BCUT2D eigenvalue weighted by molar-refractivity contribution is 5.82. The van der Waals surface area contributed by atoms with Gasteiger partial charge in [0.15, 0.2) is 12.4 Å². The lowest BCUT2D eigenvalue weighted by Gasteiger charge is -2.13. The van der Waals surface area contributed by atoms with E-state index in [9.17, 15) is 4.79 Å². The Kier molecular flexibility index (Phi) is 6.02. The molecule has 0 aliphatic heterocycles. The third-order valence-electron chi connectivity index (χ3n) is 5.12. The predicted octanol–water partition coefficient (Wildman–Crippen LogP) is 3.52. The number of likely N-dealkylation sites (N-methyl/N-ethyl adjacent to an activating group) is 1. The zero-order chi connectivity index (χ0) is 22.7. The second kappa shape index (κ2) is 9.05. The molecular weight excluding hydrogens is 406 g/mol. The van der Waals surface area contributed by atoms with Crippen LogP contribution >= 0.6 is 0 Å². The molecule has 3 aromatic heterocycles. The number of methoxy groups -OCH3 is 1. The van der Waals surface area contributed by atoms with Crippen LogP contribution in [0.3, 0.4) is 0 Å². The standard InChI is InChI=1S/C24H25N5O3/c1-5-20-19-11-12-29(17-7-6-8-18(13-17)32-15-22(30)28(2)3)24(19)27-23(26-20)16-9-10-21(31-4)25-14-16/h6-14H,5,15H2,1-4H3. The molecule has 8 nitrogen and oxygen atoms in total. The number of ether oxygens (including phenoxy) is 2. The van der Waals surface area contributed by atoms with Crippen LogP contribution in [0, 0.1) is 0 Å². The van der Waals surface area contributed by atoms with E-state index in [1.807, 2.05) is 47.2 Å². The van der Waals surface area contributed by atoms with Crippen molar-refractivity contribution in [2.45, 2.75) is 13.3 Å². The van der Waals surface area contributed by atoms with Crippen molar-refractivity contribution >= 4 is 16.9 Å². The highest BCUT2D eigenvalue weighted by atomic mass is 16.5. The van der Waals surface area contributed by atoms with Gasteiger partial charge in [-0.15, -0.1) is 0 Å². The van der Waals surface area contributed by atoms with Crippen LogP contribution in [-0.2, 0) is 11.2 Å². The molecule has 1 amide bonds. The first-order valence-electron chi connectivity index (χ1n) is 10.3. The van der Waals surface area contributed by atoms with Crippen LogP contribution in [-0.4, -0.2) is 58.1 Å². The highest BCUT2D eigenvalue weighted by Gasteiger charge is 2.14. The van der Waals surface area contributed by atoms with Crippen LogP contribution in [0.1, 0.15) is 12.6 Å². The lowest BCUT2D eigenvalue weighted by molar-refractivity contribution is -0.130. The maximum Gasteiger partial charge on any atom is 0.259 e. The van der Waals surface area contributed by atoms with E-state index < -0.39 is 0 Å². The van der Waals surface area contributed by atoms with E-state index in [0.29, 0.717) is 17.5 Å². The van der Waals surface area contributed by atoms with Gasteiger partial charge in [0.05, 0.1) is 18.5 Å². The van der Waals surface area contributed by atoms with Gasteiger partial charge in [0, 0.05) is 49.6 Å². The molecule has 0 unspecified atom stereocenters. The van der Waals surface area contributed by atoms with Gasteiger partial charge in [-0.2, -0.15) is 0 Å². The zero-order valence-corrected chi connectivity index (χ0v) is 18.6. The fourth-order valence-corrected chi connectivity index (χ4v) is 3.31. The quantitative estimate of drug-likeness (QED) is 0.445. The third kappa shape index (κ3) is 4.25. The molecule has 32 heavy (non-hydrogen) atoms. The van der Waals surface area contributed by atoms with Gasteiger partial charge >= 0.3 is 0 Å². The number of hydrogen-bond donors (Lipinski definition) is 0. The first-order chi connectivity index (χ1) is 15.5. The number of hydrogen-bond acceptors (Lipinski definition) is 6. The molecule has 4 rings (SSSR count). The number of fused-ring (bicyclic) bond motifs is 1. The van der Waals surface area contributed by atoms with Gasteiger partial charge in [0.25, 0.3) is 5.91 Å². The Labute approximate surface area is 186 Å². The van der Waals surface area contributed by atoms with Gasteiger partial charge in [0.1, 0.15) is 11.4 Å². The summed E-state index contributed by atoms with van der Waals surface area (Å²) in [5.74, 6) is 1.66. The number of carbonyl (C=O) groups excluding carboxylic acids is 1. The van der Waals surface area contributed by atoms with Crippen molar-refractivity contribution in [3.63, 3.8) is 0 Å². The molecule has 4 aromatic rings. The van der Waals surface area contributed by atoms with Gasteiger partial charge in [-0.05, 0) is 30.7 Å². The summed E-state index contributed by atoms with van der Waals surface area (Å²) in [6, 6.07) is 13.3. The number of pyridine rings is 1. The minimum Gasteiger partial charge on any atom is -0.484 e. The molecule has 0 aliphatic rings. The topological polar surface area (TPSA) is 82.4 Å². The second-order valence-electron chi connectivity index (χ2n) is 7.43. The average Bonchev–Trinajstić information content (AvgIpc) is 3.26. The maximum atomic E-state index is 11.9. The molecule has 0 saturated carbocycles. The number of rotatable bonds is 7. The number of nitrogens with zero attached hydrogens (tertiary/aromatic N) is 5. The van der Waals surface area contributed by atoms with Crippen LogP contribution in [0.2, 0.25) is 0 Å². The molecule has 0 saturated heterocycles. The maximum absolute atomic E-state index is 11.9. The Morgan fingerprint density at radius 2 is 1.97 bits per heavy atom. The number of carbonyl (C=O) groups is 1. The predicted molar refractivity (Wildman–Crippen MR) is 122 cm³/mol. The molecule has 0 N–H and O–H groups in total. The van der Waals surface area contributed by atoms with Crippen molar-refractivity contribution in [3.8, 4) is 28.7 Å². The van der Waals surface area contributed by atoms with Gasteiger partial charge in [0.2, 0.25) is 5.88 Å². The van der Waals surface area contributed by atoms with Crippen molar-refractivity contribution in [2.75, 3.05) is 27.8 Å². The molecule has 0 radical (unpaired) electrons. The van der Waals surface area contributed by atoms with Crippen LogP contribution < -0.4 is 9.47 Å². The SMILES string of the molecule is CCc1nc(-c2ccc(OC)nc2)nc2c1ccn2-c1cccc(OCC(=O)N(C)C)c1. The number of aryl methyl sites for hydroxylation is 1. The number of aromatic nitrogens is 4. The van der Waals surface area contributed by atoms with Crippen molar-refractivity contribution < 1.29 is 14.3 Å². The molecule has 0 bridgehead atoms. The lowest BCUT2D eigenvalue weighted by atomic mass is 10.2. The van der Waals surface area contributed by atoms with E-state index in [1.54, 1.807) is 33.5 Å². The first kappa shape index (κ1) is 21.3. The van der Waals surface area contributed by atoms with E-state index in [1.165, 1.54) is 4.90 Å². The number of amides is 1. The lowest BCUT2D eigenvalue weighted by Crippen LogP contribution is -2.27. The monoisotopic (exact) mass is 431 g/mol. The molecule has 164 valence electrons. The van der Waals surface area contributed by atoms with Crippen LogP contribution in [0.5, 0.6) is 11.6 Å². The molecular formula is C24H25N5O3. The molecule has 0 spiro atoms. The summed E-state index contributed by atoms with van der Waals surface area (Å²) in [7, 11) is 4.99. The molecule has 0 fully saturated rings. The summed E-state index contributed by atoms with van der Waals surface area (Å²) < 4.78 is 12.8. The summed E-state index contributed by atoms with van der Waals surface area (Å²) in [4.78, 5) is 27.2. The summed E-state index contributed by atoms with van der Waals surface area (Å²) in [5, 5.41) is 0.992. The first-order valence-corrected chi connectivity index (χ1v) is 10.3. The van der Waals surface area contributed by atoms with Crippen LogP contribution in [0.4, 0.5) is 0 Å². The Hall–Kier alpha value is -3.94. The normalized spacial score (nSPS) is 10.9. The van der Waals surface area contributed by atoms with E-state index in [0.717, 1.165) is 34.4 Å². The fraction of sp³-hybridized carbons (Fsp3) is 0.250. The van der Waals surface area contributed by atoms with Crippen molar-refractivity contribution in [3.05, 3.63) is 60.6 Å². The van der Waals surface area contributed by atoms with Crippen molar-refractivity contribution in [2.24, 2.45) is 0 Å². The van der Waals surface area contributed by atoms with Gasteiger partial charge in [-0.1, -0.05) is 13.0 Å². The average molecular weight is 431 g/mol. The Balaban J connectivity index is 1.73. The largest absolute Gasteiger partial charge is 0.484 e. The van der Waals surface area contributed by atoms with E-state index in [2.05, 4.69) is 11.9 Å². The Morgan fingerprint density at radius 1 is 1.12 bits per heavy atom. The second-order valence-corrected chi connectivity index (χ2v) is 7.43. The van der Waals surface area contributed by atoms with Crippen LogP contribution in [0.25, 0.3) is 28.1 Å². The molecule has 0 atom stereocenters. The third-order valence-corrected chi connectivity index (χ3v) is 5.12. The minimum atomic E-state index is -0.0973. The van der Waals surface area contributed by atoms with E-state index >= 15 is 0 Å². The summed E-state index contributed by atoms with van der Waals surface area (Å²) >= 11 is 0. The molecule has 3 heterocycles. The van der Waals surface area contributed by atoms with Gasteiger partial charge in [-0.25, -0.2) is 15.0 Å². The van der Waals surface area contributed by atoms with E-state index in [-0.39, 0.29) is 12.5 Å². The van der Waals surface area contributed by atoms with Gasteiger partial charge in [-0.3, -0.25) is 4.79 Å². The number of benzene rings is 1. The van der Waals surface area contributed by atoms with Crippen LogP contribution in [0.15, 0.2) is 54.9 Å². The Bertz CT molecular complexity index is 1250. The highest BCUT2D eigenvalue weighted by Crippen LogP contribution is 2.27. The van der Waals surface area contributed by atoms with Crippen molar-refractivity contribution in [1.82, 2.24) is 24.4 Å². The van der Waals surface area contributed by atoms with Gasteiger partial charge < -0.3 is 18.9 Å². The van der Waals surface area contributed by atoms with E-state index in [4.69, 9.17) is 19.4 Å². The zero-order valence-electron chi connectivity index (χ0n) is 18.6. The summed E-state index contributed by atoms with van der Waals surface area (Å²) in [6.07, 6.45) is 4.46. The molecule has 8 heteroatoms. The molecule has 1 aromatic carbocycles. The summed E-state index contributed by atoms with van der Waals surface area (Å²) in [5.41, 5.74) is 3.46. The van der Waals surface area contributed by atoms with Crippen molar-refractivity contribution in [1.29, 1.82) is 0 Å². The fourth-order valence-electron chi connectivity index (χ4n) is 3.31. The Morgan fingerprint density at radius 3 is 2.66 bits per heavy atom. The minimum absolute atomic E-state index is 0.0142. The smallest absolute Gasteiger partial charge is 0.259 e. The molecule has 0 aliphatic carbocycles.